The molecule has 1 spiro atoms. The maximum Gasteiger partial charge on any atom is 0.232 e. The zero-order chi connectivity index (χ0) is 18.0. The lowest BCUT2D eigenvalue weighted by molar-refractivity contribution is 0.0134. The summed E-state index contributed by atoms with van der Waals surface area (Å²) in [5, 5.41) is 0. The molecule has 2 aliphatic rings. The second-order valence-corrected chi connectivity index (χ2v) is 6.95. The Morgan fingerprint density at radius 2 is 2.04 bits per heavy atom. The molecule has 0 bridgehead atoms. The average Bonchev–Trinajstić information content (AvgIpc) is 2.67. The Balaban J connectivity index is 1.51. The van der Waals surface area contributed by atoms with Crippen molar-refractivity contribution in [3.63, 3.8) is 0 Å². The molecule has 1 aliphatic heterocycles. The van der Waals surface area contributed by atoms with E-state index in [-0.39, 0.29) is 18.0 Å². The minimum Gasteiger partial charge on any atom is -0.487 e. The van der Waals surface area contributed by atoms with Gasteiger partial charge in [0.25, 0.3) is 0 Å². The van der Waals surface area contributed by atoms with Crippen LogP contribution in [0.15, 0.2) is 30.6 Å². The van der Waals surface area contributed by atoms with Gasteiger partial charge in [0.15, 0.2) is 5.78 Å². The van der Waals surface area contributed by atoms with Crippen molar-refractivity contribution in [1.29, 1.82) is 0 Å². The molecule has 0 radical (unpaired) electrons. The van der Waals surface area contributed by atoms with Crippen molar-refractivity contribution in [2.24, 2.45) is 0 Å². The van der Waals surface area contributed by atoms with Crippen LogP contribution in [0.4, 0.5) is 0 Å². The molecule has 0 N–H and O–H groups in total. The maximum absolute atomic E-state index is 12.6. The van der Waals surface area contributed by atoms with Crippen LogP contribution in [-0.2, 0) is 6.61 Å². The van der Waals surface area contributed by atoms with Crippen molar-refractivity contribution < 1.29 is 19.0 Å². The number of fused-ring (bicyclic) bond motifs is 1. The van der Waals surface area contributed by atoms with Crippen LogP contribution < -0.4 is 14.2 Å². The van der Waals surface area contributed by atoms with Gasteiger partial charge < -0.3 is 14.2 Å². The number of nitrogens with zero attached hydrogens (tertiary/aromatic N) is 2. The van der Waals surface area contributed by atoms with E-state index >= 15 is 0 Å². The van der Waals surface area contributed by atoms with Gasteiger partial charge in [0, 0.05) is 6.07 Å². The molecule has 0 amide bonds. The molecule has 6 heteroatoms. The van der Waals surface area contributed by atoms with E-state index in [1.54, 1.807) is 31.6 Å². The lowest BCUT2D eigenvalue weighted by Crippen LogP contribution is -2.43. The van der Waals surface area contributed by atoms with Crippen LogP contribution in [0.5, 0.6) is 17.4 Å². The van der Waals surface area contributed by atoms with E-state index in [0.29, 0.717) is 35.1 Å². The summed E-state index contributed by atoms with van der Waals surface area (Å²) in [7, 11) is 1.55. The summed E-state index contributed by atoms with van der Waals surface area (Å²) >= 11 is 0. The average molecular weight is 354 g/mol. The first-order valence-corrected chi connectivity index (χ1v) is 9.01. The van der Waals surface area contributed by atoms with Crippen molar-refractivity contribution in [3.8, 4) is 17.4 Å². The number of hydrogen-bond donors (Lipinski definition) is 0. The summed E-state index contributed by atoms with van der Waals surface area (Å²) in [6.07, 6.45) is 9.02. The predicted molar refractivity (Wildman–Crippen MR) is 94.7 cm³/mol. The molecule has 1 aliphatic carbocycles. The van der Waals surface area contributed by atoms with Gasteiger partial charge in [-0.1, -0.05) is 6.42 Å². The first-order valence-electron chi connectivity index (χ1n) is 9.01. The highest BCUT2D eigenvalue weighted by molar-refractivity contribution is 6.00. The molecular formula is C20H22N2O4. The van der Waals surface area contributed by atoms with Crippen molar-refractivity contribution in [2.75, 3.05) is 7.11 Å². The van der Waals surface area contributed by atoms with Gasteiger partial charge in [0.2, 0.25) is 5.88 Å². The number of Topliss-reactive ketones (excluding diaryl/α,β-unsaturated/α-hetero) is 1. The van der Waals surface area contributed by atoms with Crippen LogP contribution >= 0.6 is 0 Å². The number of benzene rings is 1. The summed E-state index contributed by atoms with van der Waals surface area (Å²) in [4.78, 5) is 20.9. The Morgan fingerprint density at radius 3 is 2.85 bits per heavy atom. The van der Waals surface area contributed by atoms with E-state index in [2.05, 4.69) is 9.97 Å². The third kappa shape index (κ3) is 3.36. The van der Waals surface area contributed by atoms with Gasteiger partial charge in [0.1, 0.15) is 29.4 Å². The number of carbonyl (C=O) groups is 1. The van der Waals surface area contributed by atoms with Gasteiger partial charge in [-0.25, -0.2) is 4.98 Å². The largest absolute Gasteiger partial charge is 0.487 e. The van der Waals surface area contributed by atoms with E-state index < -0.39 is 0 Å². The summed E-state index contributed by atoms with van der Waals surface area (Å²) in [6.45, 7) is 0.266. The Labute approximate surface area is 152 Å². The lowest BCUT2D eigenvalue weighted by Gasteiger charge is -2.40. The summed E-state index contributed by atoms with van der Waals surface area (Å²) in [5.74, 6) is 1.90. The van der Waals surface area contributed by atoms with Crippen LogP contribution in [0.25, 0.3) is 0 Å². The zero-order valence-corrected chi connectivity index (χ0v) is 14.9. The molecule has 2 heterocycles. The van der Waals surface area contributed by atoms with Gasteiger partial charge in [-0.2, -0.15) is 0 Å². The first kappa shape index (κ1) is 16.8. The lowest BCUT2D eigenvalue weighted by atomic mass is 9.78. The quantitative estimate of drug-likeness (QED) is 0.833. The van der Waals surface area contributed by atoms with Gasteiger partial charge in [0.05, 0.1) is 31.5 Å². The molecule has 0 atom stereocenters. The fourth-order valence-electron chi connectivity index (χ4n) is 3.75. The third-order valence-electron chi connectivity index (χ3n) is 5.09. The second kappa shape index (κ2) is 6.94. The van der Waals surface area contributed by atoms with E-state index in [0.717, 1.165) is 25.7 Å². The van der Waals surface area contributed by atoms with Crippen LogP contribution in [0, 0.1) is 0 Å². The van der Waals surface area contributed by atoms with Crippen LogP contribution in [0.2, 0.25) is 0 Å². The normalized spacial score (nSPS) is 18.1. The van der Waals surface area contributed by atoms with Crippen LogP contribution in [0.3, 0.4) is 0 Å². The Bertz CT molecular complexity index is 815. The zero-order valence-electron chi connectivity index (χ0n) is 14.9. The molecule has 1 saturated carbocycles. The third-order valence-corrected chi connectivity index (χ3v) is 5.09. The second-order valence-electron chi connectivity index (χ2n) is 6.95. The number of aromatic nitrogens is 2. The molecule has 1 aromatic carbocycles. The van der Waals surface area contributed by atoms with Crippen LogP contribution in [-0.4, -0.2) is 28.5 Å². The van der Waals surface area contributed by atoms with Gasteiger partial charge in [-0.3, -0.25) is 9.78 Å². The highest BCUT2D eigenvalue weighted by Crippen LogP contribution is 2.42. The first-order chi connectivity index (χ1) is 12.7. The Kier molecular flexibility index (Phi) is 4.49. The molecule has 6 nitrogen and oxygen atoms in total. The fraction of sp³-hybridized carbons (Fsp3) is 0.450. The van der Waals surface area contributed by atoms with Crippen LogP contribution in [0.1, 0.15) is 54.6 Å². The number of carbonyl (C=O) groups excluding carboxylic acids is 1. The van der Waals surface area contributed by atoms with E-state index in [1.165, 1.54) is 6.42 Å². The van der Waals surface area contributed by atoms with Gasteiger partial charge in [-0.15, -0.1) is 0 Å². The maximum atomic E-state index is 12.6. The van der Waals surface area contributed by atoms with Gasteiger partial charge >= 0.3 is 0 Å². The number of ether oxygens (including phenoxy) is 3. The highest BCUT2D eigenvalue weighted by atomic mass is 16.5. The molecule has 1 aromatic heterocycles. The fourth-order valence-corrected chi connectivity index (χ4v) is 3.75. The van der Waals surface area contributed by atoms with E-state index in [9.17, 15) is 4.79 Å². The number of ketones is 1. The van der Waals surface area contributed by atoms with Crippen molar-refractivity contribution in [3.05, 3.63) is 41.9 Å². The predicted octanol–water partition coefficient (Wildman–Crippen LogP) is 3.73. The smallest absolute Gasteiger partial charge is 0.232 e. The number of hydrogen-bond acceptors (Lipinski definition) is 6. The minimum absolute atomic E-state index is 0.165. The molecule has 26 heavy (non-hydrogen) atoms. The van der Waals surface area contributed by atoms with Gasteiger partial charge in [-0.05, 0) is 37.8 Å². The van der Waals surface area contributed by atoms with Crippen molar-refractivity contribution in [1.82, 2.24) is 9.97 Å². The molecule has 136 valence electrons. The number of rotatable bonds is 4. The topological polar surface area (TPSA) is 70.5 Å². The summed E-state index contributed by atoms with van der Waals surface area (Å²) < 4.78 is 17.2. The monoisotopic (exact) mass is 354 g/mol. The molecule has 0 saturated heterocycles. The number of methoxy groups -OCH3 is 1. The standard InChI is InChI=1S/C20H22N2O4/c1-24-19-12-21-11-14(22-19)13-25-15-5-6-16-17(23)10-20(26-18(16)9-15)7-3-2-4-8-20/h5-6,9,11-12H,2-4,7-8,10,13H2,1H3. The van der Waals surface area contributed by atoms with Crippen molar-refractivity contribution in [2.45, 2.75) is 50.7 Å². The molecule has 1 fully saturated rings. The SMILES string of the molecule is COc1cncc(COc2ccc3c(c2)OC2(CCCCC2)CC3=O)n1. The Morgan fingerprint density at radius 1 is 1.19 bits per heavy atom. The summed E-state index contributed by atoms with van der Waals surface area (Å²) in [5.41, 5.74) is 0.997. The van der Waals surface area contributed by atoms with E-state index in [1.807, 2.05) is 6.07 Å². The summed E-state index contributed by atoms with van der Waals surface area (Å²) in [6, 6.07) is 5.41. The highest BCUT2D eigenvalue weighted by Gasteiger charge is 2.41. The minimum atomic E-state index is -0.320. The molecule has 0 unspecified atom stereocenters. The molecular weight excluding hydrogens is 332 g/mol. The Hall–Kier alpha value is -2.63. The van der Waals surface area contributed by atoms with E-state index in [4.69, 9.17) is 14.2 Å². The van der Waals surface area contributed by atoms with Crippen molar-refractivity contribution >= 4 is 5.78 Å². The molecule has 2 aromatic rings. The molecule has 4 rings (SSSR count).